The molecule has 1 aliphatic heterocycles. The number of rotatable bonds is 3. The maximum absolute atomic E-state index is 12.6. The van der Waals surface area contributed by atoms with Crippen molar-refractivity contribution in [1.82, 2.24) is 10.3 Å². The zero-order valence-electron chi connectivity index (χ0n) is 11.0. The van der Waals surface area contributed by atoms with Gasteiger partial charge in [0.05, 0.1) is 18.5 Å². The van der Waals surface area contributed by atoms with Crippen LogP contribution in [0.5, 0.6) is 5.75 Å². The standard InChI is InChI=1S/C15H18N2O2/c1-19-13-7-4-6-11-14(13)10(9-17-11)15(18)12-5-2-3-8-16-12/h4,6-7,9,12,16-17H,2-3,5,8H2,1H3. The van der Waals surface area contributed by atoms with Crippen molar-refractivity contribution in [1.29, 1.82) is 0 Å². The Morgan fingerprint density at radius 1 is 1.37 bits per heavy atom. The van der Waals surface area contributed by atoms with Gasteiger partial charge < -0.3 is 15.0 Å². The minimum absolute atomic E-state index is 0.0577. The minimum Gasteiger partial charge on any atom is -0.496 e. The van der Waals surface area contributed by atoms with Crippen LogP contribution >= 0.6 is 0 Å². The summed E-state index contributed by atoms with van der Waals surface area (Å²) in [5.74, 6) is 0.911. The Morgan fingerprint density at radius 3 is 3.00 bits per heavy atom. The number of hydrogen-bond acceptors (Lipinski definition) is 3. The fraction of sp³-hybridized carbons (Fsp3) is 0.400. The molecule has 1 atom stereocenters. The third kappa shape index (κ3) is 2.12. The van der Waals surface area contributed by atoms with Crippen molar-refractivity contribution in [2.45, 2.75) is 25.3 Å². The third-order valence-corrected chi connectivity index (χ3v) is 3.78. The van der Waals surface area contributed by atoms with E-state index in [-0.39, 0.29) is 11.8 Å². The second-order valence-electron chi connectivity index (χ2n) is 4.95. The molecule has 19 heavy (non-hydrogen) atoms. The molecule has 1 unspecified atom stereocenters. The van der Waals surface area contributed by atoms with Gasteiger partial charge >= 0.3 is 0 Å². The van der Waals surface area contributed by atoms with E-state index in [9.17, 15) is 4.79 Å². The number of carbonyl (C=O) groups excluding carboxylic acids is 1. The molecule has 0 saturated carbocycles. The number of aromatic amines is 1. The molecule has 1 fully saturated rings. The van der Waals surface area contributed by atoms with Gasteiger partial charge in [0, 0.05) is 17.3 Å². The first-order valence-electron chi connectivity index (χ1n) is 6.73. The Morgan fingerprint density at radius 2 is 2.26 bits per heavy atom. The minimum atomic E-state index is -0.0577. The maximum atomic E-state index is 12.6. The average Bonchev–Trinajstić information content (AvgIpc) is 2.91. The van der Waals surface area contributed by atoms with Gasteiger partial charge in [0.25, 0.3) is 0 Å². The second-order valence-corrected chi connectivity index (χ2v) is 4.95. The summed E-state index contributed by atoms with van der Waals surface area (Å²) in [6.07, 6.45) is 4.98. The van der Waals surface area contributed by atoms with Crippen molar-refractivity contribution in [3.8, 4) is 5.75 Å². The Hall–Kier alpha value is -1.81. The predicted molar refractivity (Wildman–Crippen MR) is 74.8 cm³/mol. The first kappa shape index (κ1) is 12.2. The Balaban J connectivity index is 2.02. The van der Waals surface area contributed by atoms with E-state index in [0.717, 1.165) is 48.0 Å². The quantitative estimate of drug-likeness (QED) is 0.832. The highest BCUT2D eigenvalue weighted by atomic mass is 16.5. The molecule has 2 heterocycles. The van der Waals surface area contributed by atoms with Crippen LogP contribution in [0.15, 0.2) is 24.4 Å². The molecule has 2 aromatic rings. The number of carbonyl (C=O) groups is 1. The van der Waals surface area contributed by atoms with E-state index in [1.54, 1.807) is 13.3 Å². The fourth-order valence-corrected chi connectivity index (χ4v) is 2.78. The average molecular weight is 258 g/mol. The lowest BCUT2D eigenvalue weighted by Gasteiger charge is -2.22. The van der Waals surface area contributed by atoms with E-state index in [2.05, 4.69) is 10.3 Å². The van der Waals surface area contributed by atoms with Crippen LogP contribution < -0.4 is 10.1 Å². The molecule has 2 N–H and O–H groups in total. The molecule has 1 saturated heterocycles. The monoisotopic (exact) mass is 258 g/mol. The molecule has 100 valence electrons. The molecule has 0 bridgehead atoms. The number of fused-ring (bicyclic) bond motifs is 1. The highest BCUT2D eigenvalue weighted by molar-refractivity contribution is 6.12. The number of aromatic nitrogens is 1. The fourth-order valence-electron chi connectivity index (χ4n) is 2.78. The lowest BCUT2D eigenvalue weighted by molar-refractivity contribution is 0.0928. The normalized spacial score (nSPS) is 19.5. The summed E-state index contributed by atoms with van der Waals surface area (Å²) in [4.78, 5) is 15.8. The SMILES string of the molecule is COc1cccc2[nH]cc(C(=O)C3CCCCN3)c12. The number of methoxy groups -OCH3 is 1. The highest BCUT2D eigenvalue weighted by Crippen LogP contribution is 2.30. The smallest absolute Gasteiger partial charge is 0.182 e. The van der Waals surface area contributed by atoms with Gasteiger partial charge in [0.15, 0.2) is 5.78 Å². The van der Waals surface area contributed by atoms with Gasteiger partial charge in [-0.1, -0.05) is 12.5 Å². The van der Waals surface area contributed by atoms with Crippen LogP contribution in [-0.2, 0) is 0 Å². The van der Waals surface area contributed by atoms with Gasteiger partial charge in [-0.15, -0.1) is 0 Å². The molecular formula is C15H18N2O2. The van der Waals surface area contributed by atoms with E-state index in [1.165, 1.54) is 0 Å². The van der Waals surface area contributed by atoms with Crippen molar-refractivity contribution >= 4 is 16.7 Å². The number of ether oxygens (including phenoxy) is 1. The van der Waals surface area contributed by atoms with Crippen LogP contribution in [0.25, 0.3) is 10.9 Å². The molecule has 0 spiro atoms. The summed E-state index contributed by atoms with van der Waals surface area (Å²) in [6.45, 7) is 0.926. The Bertz CT molecular complexity index is 597. The molecule has 1 aromatic heterocycles. The predicted octanol–water partition coefficient (Wildman–Crippen LogP) is 2.50. The molecular weight excluding hydrogens is 240 g/mol. The molecule has 1 aromatic carbocycles. The van der Waals surface area contributed by atoms with Crippen molar-refractivity contribution in [3.05, 3.63) is 30.0 Å². The summed E-state index contributed by atoms with van der Waals surface area (Å²) in [5.41, 5.74) is 1.67. The summed E-state index contributed by atoms with van der Waals surface area (Å²) < 4.78 is 5.37. The van der Waals surface area contributed by atoms with E-state index in [4.69, 9.17) is 4.74 Å². The second kappa shape index (κ2) is 5.05. The number of H-pyrrole nitrogens is 1. The molecule has 4 nitrogen and oxygen atoms in total. The van der Waals surface area contributed by atoms with Crippen molar-refractivity contribution in [2.24, 2.45) is 0 Å². The van der Waals surface area contributed by atoms with Crippen LogP contribution in [0, 0.1) is 0 Å². The van der Waals surface area contributed by atoms with Crippen LogP contribution in [0.3, 0.4) is 0 Å². The van der Waals surface area contributed by atoms with Gasteiger partial charge in [-0.3, -0.25) is 4.79 Å². The van der Waals surface area contributed by atoms with Gasteiger partial charge in [0.2, 0.25) is 0 Å². The molecule has 3 rings (SSSR count). The first-order valence-corrected chi connectivity index (χ1v) is 6.73. The van der Waals surface area contributed by atoms with E-state index >= 15 is 0 Å². The number of ketones is 1. The Kier molecular flexibility index (Phi) is 3.25. The molecule has 1 aliphatic rings. The van der Waals surface area contributed by atoms with Crippen molar-refractivity contribution < 1.29 is 9.53 Å². The van der Waals surface area contributed by atoms with Crippen molar-refractivity contribution in [2.75, 3.05) is 13.7 Å². The van der Waals surface area contributed by atoms with Crippen LogP contribution in [-0.4, -0.2) is 30.5 Å². The maximum Gasteiger partial charge on any atom is 0.182 e. The number of nitrogens with one attached hydrogen (secondary N) is 2. The summed E-state index contributed by atoms with van der Waals surface area (Å²) >= 11 is 0. The van der Waals surface area contributed by atoms with Crippen LogP contribution in [0.2, 0.25) is 0 Å². The molecule has 0 amide bonds. The van der Waals surface area contributed by atoms with Gasteiger partial charge in [0.1, 0.15) is 5.75 Å². The van der Waals surface area contributed by atoms with E-state index < -0.39 is 0 Å². The zero-order valence-corrected chi connectivity index (χ0v) is 11.0. The zero-order chi connectivity index (χ0) is 13.2. The number of hydrogen-bond donors (Lipinski definition) is 2. The number of benzene rings is 1. The Labute approximate surface area is 112 Å². The van der Waals surface area contributed by atoms with Gasteiger partial charge in [-0.05, 0) is 31.5 Å². The topological polar surface area (TPSA) is 54.1 Å². The number of piperidine rings is 1. The molecule has 0 aliphatic carbocycles. The van der Waals surface area contributed by atoms with Gasteiger partial charge in [-0.2, -0.15) is 0 Å². The van der Waals surface area contributed by atoms with Gasteiger partial charge in [-0.25, -0.2) is 0 Å². The van der Waals surface area contributed by atoms with E-state index in [1.807, 2.05) is 18.2 Å². The molecule has 0 radical (unpaired) electrons. The summed E-state index contributed by atoms with van der Waals surface area (Å²) in [5, 5.41) is 4.20. The molecule has 4 heteroatoms. The lowest BCUT2D eigenvalue weighted by atomic mass is 9.96. The van der Waals surface area contributed by atoms with Crippen LogP contribution in [0.4, 0.5) is 0 Å². The highest BCUT2D eigenvalue weighted by Gasteiger charge is 2.25. The summed E-state index contributed by atoms with van der Waals surface area (Å²) in [7, 11) is 1.63. The lowest BCUT2D eigenvalue weighted by Crippen LogP contribution is -2.40. The van der Waals surface area contributed by atoms with Crippen LogP contribution in [0.1, 0.15) is 29.6 Å². The third-order valence-electron chi connectivity index (χ3n) is 3.78. The first-order chi connectivity index (χ1) is 9.31. The summed E-state index contributed by atoms with van der Waals surface area (Å²) in [6, 6.07) is 5.72. The number of Topliss-reactive ketones (excluding diaryl/α,β-unsaturated/α-hetero) is 1. The van der Waals surface area contributed by atoms with Crippen molar-refractivity contribution in [3.63, 3.8) is 0 Å². The van der Waals surface area contributed by atoms with E-state index in [0.29, 0.717) is 0 Å². The largest absolute Gasteiger partial charge is 0.496 e.